The summed E-state index contributed by atoms with van der Waals surface area (Å²) in [6, 6.07) is 0. The molecule has 0 spiro atoms. The highest BCUT2D eigenvalue weighted by atomic mass is 16.7. The number of nitrogens with two attached hydrogens (primary N) is 1. The van der Waals surface area contributed by atoms with E-state index in [0.29, 0.717) is 0 Å². The highest BCUT2D eigenvalue weighted by Gasteiger charge is 2.49. The van der Waals surface area contributed by atoms with E-state index in [1.54, 1.807) is 0 Å². The highest BCUT2D eigenvalue weighted by Crippen LogP contribution is 2.35. The smallest absolute Gasteiger partial charge is 0.404 e. The molecule has 1 unspecified atom stereocenters. The van der Waals surface area contributed by atoms with Crippen molar-refractivity contribution < 1.29 is 24.1 Å². The van der Waals surface area contributed by atoms with Crippen LogP contribution in [0, 0.1) is 5.92 Å². The summed E-state index contributed by atoms with van der Waals surface area (Å²) in [5.74, 6) is -0.193. The number of hydrogen-bond acceptors (Lipinski definition) is 5. The van der Waals surface area contributed by atoms with Gasteiger partial charge in [-0.05, 0) is 13.8 Å². The third-order valence-electron chi connectivity index (χ3n) is 3.11. The Morgan fingerprint density at radius 2 is 2.06 bits per heavy atom. The van der Waals surface area contributed by atoms with Gasteiger partial charge in [0.05, 0.1) is 5.60 Å². The Balaban J connectivity index is 2.88. The lowest BCUT2D eigenvalue weighted by Crippen LogP contribution is -2.59. The second kappa shape index (κ2) is 4.57. The molecule has 6 nitrogen and oxygen atoms in total. The summed E-state index contributed by atoms with van der Waals surface area (Å²) < 4.78 is 15.5. The molecule has 6 heteroatoms. The van der Waals surface area contributed by atoms with E-state index in [0.717, 1.165) is 0 Å². The Morgan fingerprint density at radius 3 is 2.50 bits per heavy atom. The van der Waals surface area contributed by atoms with Crippen LogP contribution in [-0.4, -0.2) is 42.4 Å². The van der Waals surface area contributed by atoms with Gasteiger partial charge in [-0.3, -0.25) is 0 Å². The van der Waals surface area contributed by atoms with Crippen LogP contribution in [0.25, 0.3) is 0 Å². The first-order valence-corrected chi connectivity index (χ1v) is 5.14. The number of methoxy groups -OCH3 is 1. The number of carbonyl (C=O) groups excluding carboxylic acids is 1. The Hall–Kier alpha value is -0.850. The molecule has 16 heavy (non-hydrogen) atoms. The maximum atomic E-state index is 10.8. The SMILES string of the molecule is COC1OC(C)(C)[C@H](C)[C@@H](OC(N)=O)[C@@H]1O. The van der Waals surface area contributed by atoms with Crippen LogP contribution in [0.2, 0.25) is 0 Å². The maximum absolute atomic E-state index is 10.8. The van der Waals surface area contributed by atoms with Crippen molar-refractivity contribution in [3.8, 4) is 0 Å². The zero-order chi connectivity index (χ0) is 12.5. The topological polar surface area (TPSA) is 91.0 Å². The molecule has 1 heterocycles. The molecule has 0 aromatic carbocycles. The number of rotatable bonds is 2. The van der Waals surface area contributed by atoms with Crippen molar-refractivity contribution in [1.82, 2.24) is 0 Å². The molecular formula is C10H19NO5. The van der Waals surface area contributed by atoms with E-state index in [-0.39, 0.29) is 5.92 Å². The monoisotopic (exact) mass is 233 g/mol. The van der Waals surface area contributed by atoms with Gasteiger partial charge in [-0.15, -0.1) is 0 Å². The zero-order valence-corrected chi connectivity index (χ0v) is 9.97. The molecule has 0 aliphatic carbocycles. The molecule has 0 radical (unpaired) electrons. The predicted octanol–water partition coefficient (Wildman–Crippen LogP) is 0.229. The molecule has 1 fully saturated rings. The third-order valence-corrected chi connectivity index (χ3v) is 3.11. The first kappa shape index (κ1) is 13.2. The lowest BCUT2D eigenvalue weighted by Gasteiger charge is -2.46. The number of hydrogen-bond donors (Lipinski definition) is 2. The molecule has 1 saturated heterocycles. The number of aliphatic hydroxyl groups is 1. The van der Waals surface area contributed by atoms with Gasteiger partial charge in [0.2, 0.25) is 0 Å². The fourth-order valence-corrected chi connectivity index (χ4v) is 1.82. The minimum atomic E-state index is -1.04. The summed E-state index contributed by atoms with van der Waals surface area (Å²) in [7, 11) is 1.42. The molecule has 0 aromatic heterocycles. The normalized spacial score (nSPS) is 38.1. The maximum Gasteiger partial charge on any atom is 0.404 e. The molecule has 4 atom stereocenters. The van der Waals surface area contributed by atoms with Crippen LogP contribution in [0.4, 0.5) is 4.79 Å². The first-order chi connectivity index (χ1) is 7.29. The van der Waals surface area contributed by atoms with Gasteiger partial charge in [0, 0.05) is 13.0 Å². The van der Waals surface area contributed by atoms with Crippen LogP contribution in [-0.2, 0) is 14.2 Å². The van der Waals surface area contributed by atoms with Crippen molar-refractivity contribution in [3.05, 3.63) is 0 Å². The summed E-state index contributed by atoms with van der Waals surface area (Å²) in [5.41, 5.74) is 4.40. The first-order valence-electron chi connectivity index (χ1n) is 5.14. The Morgan fingerprint density at radius 1 is 1.50 bits per heavy atom. The number of primary amides is 1. The summed E-state index contributed by atoms with van der Waals surface area (Å²) in [5, 5.41) is 9.90. The van der Waals surface area contributed by atoms with Crippen molar-refractivity contribution in [3.63, 3.8) is 0 Å². The minimum Gasteiger partial charge on any atom is -0.443 e. The number of aliphatic hydroxyl groups excluding tert-OH is 1. The predicted molar refractivity (Wildman–Crippen MR) is 55.6 cm³/mol. The van der Waals surface area contributed by atoms with E-state index in [1.807, 2.05) is 20.8 Å². The average Bonchev–Trinajstić information content (AvgIpc) is 2.18. The number of carbonyl (C=O) groups is 1. The average molecular weight is 233 g/mol. The Bertz CT molecular complexity index is 268. The zero-order valence-electron chi connectivity index (χ0n) is 9.97. The molecule has 94 valence electrons. The van der Waals surface area contributed by atoms with Crippen molar-refractivity contribution in [1.29, 1.82) is 0 Å². The van der Waals surface area contributed by atoms with Crippen molar-refractivity contribution in [2.45, 2.75) is 44.9 Å². The fraction of sp³-hybridized carbons (Fsp3) is 0.900. The number of ether oxygens (including phenoxy) is 3. The van der Waals surface area contributed by atoms with Crippen molar-refractivity contribution >= 4 is 6.09 Å². The van der Waals surface area contributed by atoms with Crippen LogP contribution in [0.3, 0.4) is 0 Å². The molecule has 1 amide bonds. The van der Waals surface area contributed by atoms with Gasteiger partial charge in [0.25, 0.3) is 0 Å². The Labute approximate surface area is 94.7 Å². The molecule has 1 rings (SSSR count). The van der Waals surface area contributed by atoms with Crippen LogP contribution < -0.4 is 5.73 Å². The molecule has 3 N–H and O–H groups in total. The summed E-state index contributed by atoms with van der Waals surface area (Å²) in [6.45, 7) is 5.50. The van der Waals surface area contributed by atoms with E-state index < -0.39 is 30.2 Å². The standard InChI is InChI=1S/C10H19NO5/c1-5-7(15-9(11)13)6(12)8(14-4)16-10(5,2)3/h5-8,12H,1-4H3,(H2,11,13)/t5-,6+,7-,8?/m1/s1. The summed E-state index contributed by atoms with van der Waals surface area (Å²) in [4.78, 5) is 10.8. The van der Waals surface area contributed by atoms with E-state index in [2.05, 4.69) is 0 Å². The van der Waals surface area contributed by atoms with Crippen LogP contribution >= 0.6 is 0 Å². The van der Waals surface area contributed by atoms with Gasteiger partial charge in [-0.1, -0.05) is 6.92 Å². The molecule has 1 aliphatic rings. The number of amides is 1. The fourth-order valence-electron chi connectivity index (χ4n) is 1.82. The molecule has 0 saturated carbocycles. The van der Waals surface area contributed by atoms with E-state index in [4.69, 9.17) is 19.9 Å². The quantitative estimate of drug-likeness (QED) is 0.712. The van der Waals surface area contributed by atoms with Gasteiger partial charge in [-0.25, -0.2) is 4.79 Å². The van der Waals surface area contributed by atoms with Crippen molar-refractivity contribution in [2.75, 3.05) is 7.11 Å². The van der Waals surface area contributed by atoms with Gasteiger partial charge in [0.1, 0.15) is 12.2 Å². The van der Waals surface area contributed by atoms with E-state index >= 15 is 0 Å². The molecular weight excluding hydrogens is 214 g/mol. The molecule has 0 aromatic rings. The van der Waals surface area contributed by atoms with E-state index in [1.165, 1.54) is 7.11 Å². The summed E-state index contributed by atoms with van der Waals surface area (Å²) >= 11 is 0. The van der Waals surface area contributed by atoms with Gasteiger partial charge in [-0.2, -0.15) is 0 Å². The minimum absolute atomic E-state index is 0.193. The second-order valence-corrected chi connectivity index (χ2v) is 4.51. The molecule has 0 bridgehead atoms. The van der Waals surface area contributed by atoms with Crippen LogP contribution in [0.15, 0.2) is 0 Å². The lowest BCUT2D eigenvalue weighted by atomic mass is 9.82. The highest BCUT2D eigenvalue weighted by molar-refractivity contribution is 5.64. The summed E-state index contributed by atoms with van der Waals surface area (Å²) in [6.07, 6.45) is -3.51. The van der Waals surface area contributed by atoms with Gasteiger partial charge in [0.15, 0.2) is 6.29 Å². The van der Waals surface area contributed by atoms with Crippen molar-refractivity contribution in [2.24, 2.45) is 11.7 Å². The van der Waals surface area contributed by atoms with Gasteiger partial charge >= 0.3 is 6.09 Å². The third kappa shape index (κ3) is 2.45. The van der Waals surface area contributed by atoms with Crippen LogP contribution in [0.1, 0.15) is 20.8 Å². The largest absolute Gasteiger partial charge is 0.443 e. The molecule has 1 aliphatic heterocycles. The van der Waals surface area contributed by atoms with Crippen LogP contribution in [0.5, 0.6) is 0 Å². The lowest BCUT2D eigenvalue weighted by molar-refractivity contribution is -0.301. The second-order valence-electron chi connectivity index (χ2n) is 4.51. The van der Waals surface area contributed by atoms with Gasteiger partial charge < -0.3 is 25.1 Å². The van der Waals surface area contributed by atoms with E-state index in [9.17, 15) is 9.90 Å². The Kier molecular flexibility index (Phi) is 3.77.